The zero-order valence-corrected chi connectivity index (χ0v) is 16.0. The van der Waals surface area contributed by atoms with Gasteiger partial charge in [-0.15, -0.1) is 0 Å². The lowest BCUT2D eigenvalue weighted by Crippen LogP contribution is -2.13. The molecule has 30 heavy (non-hydrogen) atoms. The lowest BCUT2D eigenvalue weighted by molar-refractivity contribution is -0.131. The Morgan fingerprint density at radius 1 is 0.967 bits per heavy atom. The average Bonchev–Trinajstić information content (AvgIpc) is 2.74. The third kappa shape index (κ3) is 5.02. The second-order valence-corrected chi connectivity index (χ2v) is 6.11. The molecule has 2 N–H and O–H groups in total. The molecule has 0 unspecified atom stereocenters. The molecule has 152 valence electrons. The Labute approximate surface area is 172 Å². The number of rotatable bonds is 7. The standard InChI is InChI=1S/C23H18FNO5/c1-29-21-14-16(24)11-12-20(21)30-19-9-5-3-7-17(19)23(28)25-18-8-4-2-6-15(18)10-13-22(26)27/h2-14H,1H3,(H,25,28)(H,26,27). The molecule has 0 aliphatic carbocycles. The number of amides is 1. The van der Waals surface area contributed by atoms with E-state index in [0.29, 0.717) is 11.3 Å². The molecular formula is C23H18FNO5. The van der Waals surface area contributed by atoms with Crippen molar-refractivity contribution < 1.29 is 28.6 Å². The summed E-state index contributed by atoms with van der Waals surface area (Å²) in [5, 5.41) is 11.6. The lowest BCUT2D eigenvalue weighted by atomic mass is 10.1. The first kappa shape index (κ1) is 20.6. The van der Waals surface area contributed by atoms with E-state index in [1.165, 1.54) is 31.4 Å². The maximum Gasteiger partial charge on any atom is 0.328 e. The summed E-state index contributed by atoms with van der Waals surface area (Å²) in [7, 11) is 1.39. The fourth-order valence-electron chi connectivity index (χ4n) is 2.69. The minimum Gasteiger partial charge on any atom is -0.493 e. The van der Waals surface area contributed by atoms with E-state index in [1.807, 2.05) is 0 Å². The monoisotopic (exact) mass is 407 g/mol. The number of hydrogen-bond donors (Lipinski definition) is 2. The van der Waals surface area contributed by atoms with Crippen LogP contribution >= 0.6 is 0 Å². The number of para-hydroxylation sites is 2. The number of aliphatic carboxylic acids is 1. The van der Waals surface area contributed by atoms with Crippen molar-refractivity contribution >= 4 is 23.6 Å². The van der Waals surface area contributed by atoms with E-state index in [4.69, 9.17) is 14.6 Å². The van der Waals surface area contributed by atoms with Gasteiger partial charge in [0.2, 0.25) is 0 Å². The zero-order chi connectivity index (χ0) is 21.5. The van der Waals surface area contributed by atoms with Gasteiger partial charge in [0.25, 0.3) is 5.91 Å². The number of methoxy groups -OCH3 is 1. The summed E-state index contributed by atoms with van der Waals surface area (Å²) in [4.78, 5) is 23.7. The first-order chi connectivity index (χ1) is 14.5. The number of carboxylic acids is 1. The third-order valence-electron chi connectivity index (χ3n) is 4.09. The van der Waals surface area contributed by atoms with Crippen molar-refractivity contribution in [3.8, 4) is 17.2 Å². The van der Waals surface area contributed by atoms with Crippen LogP contribution in [-0.2, 0) is 4.79 Å². The zero-order valence-electron chi connectivity index (χ0n) is 16.0. The highest BCUT2D eigenvalue weighted by molar-refractivity contribution is 6.07. The van der Waals surface area contributed by atoms with E-state index < -0.39 is 17.7 Å². The smallest absolute Gasteiger partial charge is 0.328 e. The number of halogens is 1. The van der Waals surface area contributed by atoms with Gasteiger partial charge < -0.3 is 19.9 Å². The van der Waals surface area contributed by atoms with Crippen molar-refractivity contribution in [1.29, 1.82) is 0 Å². The number of ether oxygens (including phenoxy) is 2. The fourth-order valence-corrected chi connectivity index (χ4v) is 2.69. The van der Waals surface area contributed by atoms with Crippen molar-refractivity contribution in [2.24, 2.45) is 0 Å². The first-order valence-electron chi connectivity index (χ1n) is 8.89. The van der Waals surface area contributed by atoms with Crippen molar-refractivity contribution in [2.45, 2.75) is 0 Å². The molecule has 7 heteroatoms. The second-order valence-electron chi connectivity index (χ2n) is 6.11. The van der Waals surface area contributed by atoms with Gasteiger partial charge >= 0.3 is 5.97 Å². The third-order valence-corrected chi connectivity index (χ3v) is 4.09. The van der Waals surface area contributed by atoms with Crippen LogP contribution in [0.2, 0.25) is 0 Å². The Hall–Kier alpha value is -4.13. The van der Waals surface area contributed by atoms with Crippen LogP contribution in [-0.4, -0.2) is 24.1 Å². The van der Waals surface area contributed by atoms with E-state index >= 15 is 0 Å². The number of benzene rings is 3. The van der Waals surface area contributed by atoms with Gasteiger partial charge in [-0.05, 0) is 42.0 Å². The van der Waals surface area contributed by atoms with Gasteiger partial charge in [0.15, 0.2) is 11.5 Å². The van der Waals surface area contributed by atoms with Gasteiger partial charge in [-0.3, -0.25) is 4.79 Å². The van der Waals surface area contributed by atoms with Gasteiger partial charge in [0, 0.05) is 17.8 Å². The van der Waals surface area contributed by atoms with E-state index in [-0.39, 0.29) is 22.8 Å². The summed E-state index contributed by atoms with van der Waals surface area (Å²) >= 11 is 0. The van der Waals surface area contributed by atoms with Crippen molar-refractivity contribution in [3.05, 3.63) is 89.8 Å². The Morgan fingerprint density at radius 2 is 1.70 bits per heavy atom. The van der Waals surface area contributed by atoms with Gasteiger partial charge in [-0.2, -0.15) is 0 Å². The summed E-state index contributed by atoms with van der Waals surface area (Å²) in [6.07, 6.45) is 2.38. The molecule has 0 radical (unpaired) electrons. The fraction of sp³-hybridized carbons (Fsp3) is 0.0435. The van der Waals surface area contributed by atoms with E-state index in [2.05, 4.69) is 5.32 Å². The summed E-state index contributed by atoms with van der Waals surface area (Å²) in [5.74, 6) is -1.33. The number of carbonyl (C=O) groups is 2. The molecule has 0 fully saturated rings. The molecule has 0 heterocycles. The van der Waals surface area contributed by atoms with Gasteiger partial charge in [-0.25, -0.2) is 9.18 Å². The molecule has 3 aromatic rings. The number of anilines is 1. The SMILES string of the molecule is COc1cc(F)ccc1Oc1ccccc1C(=O)Nc1ccccc1C=CC(=O)O. The molecule has 0 aliphatic heterocycles. The van der Waals surface area contributed by atoms with Crippen LogP contribution in [0, 0.1) is 5.82 Å². The van der Waals surface area contributed by atoms with E-state index in [1.54, 1.807) is 48.5 Å². The van der Waals surface area contributed by atoms with Crippen LogP contribution in [0.4, 0.5) is 10.1 Å². The molecule has 0 bridgehead atoms. The van der Waals surface area contributed by atoms with Crippen LogP contribution in [0.3, 0.4) is 0 Å². The van der Waals surface area contributed by atoms with Crippen molar-refractivity contribution in [2.75, 3.05) is 12.4 Å². The van der Waals surface area contributed by atoms with Crippen LogP contribution in [0.5, 0.6) is 17.2 Å². The summed E-state index contributed by atoms with van der Waals surface area (Å²) in [6.45, 7) is 0. The highest BCUT2D eigenvalue weighted by Gasteiger charge is 2.16. The molecule has 0 saturated carbocycles. The Bertz CT molecular complexity index is 1110. The molecule has 1 amide bonds. The highest BCUT2D eigenvalue weighted by atomic mass is 19.1. The van der Waals surface area contributed by atoms with Crippen molar-refractivity contribution in [3.63, 3.8) is 0 Å². The summed E-state index contributed by atoms with van der Waals surface area (Å²) in [6, 6.07) is 17.2. The molecule has 6 nitrogen and oxygen atoms in total. The number of carboxylic acid groups (broad SMARTS) is 1. The molecule has 0 aromatic heterocycles. The van der Waals surface area contributed by atoms with E-state index in [9.17, 15) is 14.0 Å². The summed E-state index contributed by atoms with van der Waals surface area (Å²) < 4.78 is 24.4. The van der Waals surface area contributed by atoms with E-state index in [0.717, 1.165) is 6.08 Å². The normalized spacial score (nSPS) is 10.6. The molecule has 0 saturated heterocycles. The predicted molar refractivity (Wildman–Crippen MR) is 111 cm³/mol. The molecule has 0 spiro atoms. The van der Waals surface area contributed by atoms with Gasteiger partial charge in [0.1, 0.15) is 11.6 Å². The molecule has 0 aliphatic rings. The quantitative estimate of drug-likeness (QED) is 0.540. The molecule has 3 rings (SSSR count). The number of hydrogen-bond acceptors (Lipinski definition) is 4. The second kappa shape index (κ2) is 9.38. The Kier molecular flexibility index (Phi) is 6.44. The van der Waals surface area contributed by atoms with Crippen LogP contribution in [0.1, 0.15) is 15.9 Å². The largest absolute Gasteiger partial charge is 0.493 e. The molecular weight excluding hydrogens is 389 g/mol. The van der Waals surface area contributed by atoms with Gasteiger partial charge in [0.05, 0.1) is 12.7 Å². The van der Waals surface area contributed by atoms with Crippen LogP contribution in [0.25, 0.3) is 6.08 Å². The predicted octanol–water partition coefficient (Wildman–Crippen LogP) is 4.98. The first-order valence-corrected chi connectivity index (χ1v) is 8.89. The Morgan fingerprint density at radius 3 is 2.47 bits per heavy atom. The van der Waals surface area contributed by atoms with Gasteiger partial charge in [-0.1, -0.05) is 30.3 Å². The maximum absolute atomic E-state index is 13.4. The topological polar surface area (TPSA) is 84.9 Å². The van der Waals surface area contributed by atoms with Crippen LogP contribution < -0.4 is 14.8 Å². The number of carbonyl (C=O) groups excluding carboxylic acids is 1. The average molecular weight is 407 g/mol. The minimum absolute atomic E-state index is 0.189. The maximum atomic E-state index is 13.4. The highest BCUT2D eigenvalue weighted by Crippen LogP contribution is 2.34. The molecule has 3 aromatic carbocycles. The minimum atomic E-state index is -1.09. The number of nitrogens with one attached hydrogen (secondary N) is 1. The van der Waals surface area contributed by atoms with Crippen LogP contribution in [0.15, 0.2) is 72.8 Å². The summed E-state index contributed by atoms with van der Waals surface area (Å²) in [5.41, 5.74) is 1.21. The Balaban J connectivity index is 1.88. The molecule has 0 atom stereocenters. The lowest BCUT2D eigenvalue weighted by Gasteiger charge is -2.14. The van der Waals surface area contributed by atoms with Crippen molar-refractivity contribution in [1.82, 2.24) is 0 Å².